The van der Waals surface area contributed by atoms with Crippen molar-refractivity contribution < 1.29 is 23.5 Å². The largest absolute Gasteiger partial charge is 0.392 e. The molecule has 0 fully saturated rings. The van der Waals surface area contributed by atoms with E-state index in [4.69, 9.17) is 26.1 Å². The van der Waals surface area contributed by atoms with Crippen LogP contribution in [0.3, 0.4) is 0 Å². The van der Waals surface area contributed by atoms with Crippen molar-refractivity contribution in [3.05, 3.63) is 345 Å². The minimum Gasteiger partial charge on any atom is -0.392 e. The van der Waals surface area contributed by atoms with Gasteiger partial charge in [-0.3, -0.25) is 9.36 Å². The maximum atomic E-state index is 12.5. The normalized spacial score (nSPS) is 10.7. The molecule has 0 radical (unpaired) electrons. The number of nitriles is 3. The van der Waals surface area contributed by atoms with Crippen LogP contribution in [0.25, 0.3) is 29.1 Å². The second kappa shape index (κ2) is 35.5. The van der Waals surface area contributed by atoms with Crippen molar-refractivity contribution in [3.63, 3.8) is 0 Å². The highest BCUT2D eigenvalue weighted by Crippen LogP contribution is 2.52. The second-order valence-electron chi connectivity index (χ2n) is 22.5. The molecule has 13 heteroatoms. The molecule has 0 bridgehead atoms. The molecule has 0 aliphatic rings. The highest BCUT2D eigenvalue weighted by atomic mass is 31.2. The third-order valence-corrected chi connectivity index (χ3v) is 17.6. The molecule has 0 saturated heterocycles. The predicted molar refractivity (Wildman–Crippen MR) is 401 cm³/mol. The average Bonchev–Trinajstić information content (AvgIpc) is 0.846. The summed E-state index contributed by atoms with van der Waals surface area (Å²) in [4.78, 5) is 21.4. The van der Waals surface area contributed by atoms with E-state index in [9.17, 15) is 19.7 Å². The van der Waals surface area contributed by atoms with Crippen LogP contribution in [0.2, 0.25) is 0 Å². The Hall–Kier alpha value is -12.0. The number of aryl methyl sites for hydroxylation is 3. The molecule has 0 aromatic heterocycles. The lowest BCUT2D eigenvalue weighted by molar-refractivity contribution is 0.112. The molecule has 11 rings (SSSR count). The lowest BCUT2D eigenvalue weighted by Gasteiger charge is -2.25. The van der Waals surface area contributed by atoms with Gasteiger partial charge in [-0.25, -0.2) is 4.85 Å². The van der Waals surface area contributed by atoms with Gasteiger partial charge in [0.2, 0.25) is 0 Å². The van der Waals surface area contributed by atoms with Gasteiger partial charge in [0.25, 0.3) is 0 Å². The van der Waals surface area contributed by atoms with Crippen LogP contribution in [-0.2, 0) is 26.4 Å². The number of para-hydroxylation sites is 3. The van der Waals surface area contributed by atoms with Crippen LogP contribution in [0, 0.1) is 61.3 Å². The number of aliphatic hydroxyl groups is 1. The summed E-state index contributed by atoms with van der Waals surface area (Å²) in [7, 11) is -3.38. The minimum absolute atomic E-state index is 0. The number of anilines is 9. The highest BCUT2D eigenvalue weighted by Gasteiger charge is 2.27. The molecule has 11 aromatic carbocycles. The number of rotatable bonds is 21. The van der Waals surface area contributed by atoms with Gasteiger partial charge in [0.05, 0.1) is 67.5 Å². The van der Waals surface area contributed by atoms with Crippen LogP contribution in [0.1, 0.15) is 98.4 Å². The second-order valence-corrected chi connectivity index (χ2v) is 24.5. The first-order valence-corrected chi connectivity index (χ1v) is 33.3. The van der Waals surface area contributed by atoms with Gasteiger partial charge in [0.1, 0.15) is 0 Å². The van der Waals surface area contributed by atoms with E-state index in [-0.39, 0.29) is 50.1 Å². The van der Waals surface area contributed by atoms with E-state index < -0.39 is 7.60 Å². The summed E-state index contributed by atoms with van der Waals surface area (Å²) in [6.07, 6.45) is 8.19. The summed E-state index contributed by atoms with van der Waals surface area (Å²) in [6, 6.07) is 93.6. The molecule has 12 nitrogen and oxygen atoms in total. The van der Waals surface area contributed by atoms with E-state index in [1.54, 1.807) is 26.0 Å². The Kier molecular flexibility index (Phi) is 26.1. The van der Waals surface area contributed by atoms with E-state index in [2.05, 4.69) is 204 Å². The van der Waals surface area contributed by atoms with Crippen LogP contribution in [0.4, 0.5) is 56.9 Å². The third-order valence-electron chi connectivity index (χ3n) is 15.6. The average molecular weight is 1310 g/mol. The fourth-order valence-electron chi connectivity index (χ4n) is 10.7. The molecule has 0 unspecified atom stereocenters. The maximum Gasteiger partial charge on any atom is 0.335 e. The molecule has 0 spiro atoms. The standard InChI is InChI=1S/C50H38N4.C20H19NO.C14H15N2O4P.CH4/c1-37-14-26-46(27-15-37)53(44-10-6-4-7-11-44)48-30-20-39(21-31-48)18-24-41-35-50(52-3)42(34-43(41)36-51)25-19-40-22-32-49(33-23-40)54(45-12-8-5-9-13-45)47-28-16-38(2)17-29-47;1-16-7-11-19(12-8-16)21(18-5-3-2-4-6-18)20-13-9-17(15-22)10-14-20;1-3-19-21(18,20-4-2)10-14-6-11(7-15)13(9-17)5-12(14)8-16;/h4-35H,1-2H3;2-14,22H,15H2,1H3;5-6,9H,3-4,10H2,1-2H3;1H4/b24-18+,25-19+;;;. The van der Waals surface area contributed by atoms with E-state index in [0.717, 1.165) is 67.9 Å². The van der Waals surface area contributed by atoms with Crippen LogP contribution < -0.4 is 14.7 Å². The van der Waals surface area contributed by atoms with Crippen molar-refractivity contribution in [2.45, 2.75) is 54.8 Å². The monoisotopic (exact) mass is 1310 g/mol. The molecule has 0 atom stereocenters. The molecule has 0 aliphatic carbocycles. The zero-order chi connectivity index (χ0) is 68.5. The molecule has 486 valence electrons. The number of carbonyl (C=O) groups excluding carboxylic acids is 1. The van der Waals surface area contributed by atoms with Crippen LogP contribution >= 0.6 is 7.60 Å². The fourth-order valence-corrected chi connectivity index (χ4v) is 12.4. The summed E-state index contributed by atoms with van der Waals surface area (Å²) in [6.45, 7) is 18.1. The molecular weight excluding hydrogens is 1230 g/mol. The number of hydrogen-bond donors (Lipinski definition) is 1. The molecule has 0 aliphatic heterocycles. The molecule has 0 heterocycles. The topological polar surface area (TPSA) is 158 Å². The Morgan fingerprint density at radius 2 is 0.765 bits per heavy atom. The number of benzene rings is 11. The highest BCUT2D eigenvalue weighted by molar-refractivity contribution is 7.53. The van der Waals surface area contributed by atoms with Gasteiger partial charge >= 0.3 is 7.60 Å². The summed E-state index contributed by atoms with van der Waals surface area (Å²) >= 11 is 0. The summed E-state index contributed by atoms with van der Waals surface area (Å²) in [5.74, 6) is 0. The lowest BCUT2D eigenvalue weighted by atomic mass is 10.0. The Morgan fingerprint density at radius 1 is 0.439 bits per heavy atom. The van der Waals surface area contributed by atoms with Crippen molar-refractivity contribution in [2.24, 2.45) is 0 Å². The number of aliphatic hydroxyl groups excluding tert-OH is 1. The zero-order valence-electron chi connectivity index (χ0n) is 54.7. The van der Waals surface area contributed by atoms with E-state index in [0.29, 0.717) is 34.2 Å². The summed E-state index contributed by atoms with van der Waals surface area (Å²) in [5.41, 5.74) is 19.5. The maximum absolute atomic E-state index is 12.5. The number of nitrogens with zero attached hydrogens (tertiary/aromatic N) is 7. The van der Waals surface area contributed by atoms with E-state index in [1.165, 1.54) is 28.8 Å². The lowest BCUT2D eigenvalue weighted by Crippen LogP contribution is -2.09. The van der Waals surface area contributed by atoms with Gasteiger partial charge in [-0.1, -0.05) is 176 Å². The van der Waals surface area contributed by atoms with Gasteiger partial charge in [0, 0.05) is 56.7 Å². The first-order valence-electron chi connectivity index (χ1n) is 31.6. The quantitative estimate of drug-likeness (QED) is 0.0316. The smallest absolute Gasteiger partial charge is 0.335 e. The molecular formula is C85H76N7O5P. The first kappa shape index (κ1) is 71.9. The first-order chi connectivity index (χ1) is 47.3. The van der Waals surface area contributed by atoms with E-state index >= 15 is 0 Å². The minimum atomic E-state index is -3.38. The van der Waals surface area contributed by atoms with Gasteiger partial charge < -0.3 is 28.9 Å². The van der Waals surface area contributed by atoms with Crippen LogP contribution in [0.5, 0.6) is 0 Å². The molecule has 0 amide bonds. The number of carbonyl (C=O) groups is 1. The van der Waals surface area contributed by atoms with Gasteiger partial charge in [-0.15, -0.1) is 0 Å². The summed E-state index contributed by atoms with van der Waals surface area (Å²) in [5, 5.41) is 37.5. The Balaban J connectivity index is 0.000000228. The zero-order valence-corrected chi connectivity index (χ0v) is 55.6. The third kappa shape index (κ3) is 18.9. The van der Waals surface area contributed by atoms with Crippen molar-refractivity contribution in [1.82, 2.24) is 0 Å². The van der Waals surface area contributed by atoms with Crippen LogP contribution in [0.15, 0.2) is 261 Å². The van der Waals surface area contributed by atoms with Gasteiger partial charge in [-0.05, 0) is 201 Å². The Morgan fingerprint density at radius 3 is 1.10 bits per heavy atom. The Bertz CT molecular complexity index is 4520. The van der Waals surface area contributed by atoms with Crippen molar-refractivity contribution >= 4 is 95.1 Å². The van der Waals surface area contributed by atoms with Crippen molar-refractivity contribution in [3.8, 4) is 18.2 Å². The molecule has 1 N–H and O–H groups in total. The SMILES string of the molecule is C.CCOP(=O)(Cc1cc(C#N)c(C=O)cc1C#N)OCC.Cc1ccc(N(c2ccccc2)c2ccc(CO)cc2)cc1.[C-]#[N+]c1cc(/C=C/c2ccc(N(c3ccccc3)c3ccc(C)cc3)cc2)c(C#N)cc1/C=C/c1ccc(N(c2ccccc2)c2ccc(C)cc2)cc1. The van der Waals surface area contributed by atoms with Crippen molar-refractivity contribution in [2.75, 3.05) is 27.9 Å². The Labute approximate surface area is 576 Å². The van der Waals surface area contributed by atoms with E-state index in [1.807, 2.05) is 115 Å². The van der Waals surface area contributed by atoms with Crippen LogP contribution in [-0.4, -0.2) is 24.6 Å². The number of aldehydes is 1. The van der Waals surface area contributed by atoms with Crippen molar-refractivity contribution in [1.29, 1.82) is 15.8 Å². The molecule has 0 saturated carbocycles. The van der Waals surface area contributed by atoms with Gasteiger partial charge in [0.15, 0.2) is 12.0 Å². The summed E-state index contributed by atoms with van der Waals surface area (Å²) < 4.78 is 22.8. The number of hydrogen-bond acceptors (Lipinski definition) is 11. The predicted octanol–water partition coefficient (Wildman–Crippen LogP) is 22.6. The fraction of sp³-hybridized carbons (Fsp3) is 0.118. The van der Waals surface area contributed by atoms with Gasteiger partial charge in [-0.2, -0.15) is 15.8 Å². The molecule has 11 aromatic rings. The molecule has 98 heavy (non-hydrogen) atoms.